The number of aliphatic imine (C=N–C) groups is 1. The van der Waals surface area contributed by atoms with Gasteiger partial charge in [-0.3, -0.25) is 4.99 Å². The van der Waals surface area contributed by atoms with Crippen LogP contribution in [0.4, 0.5) is 0 Å². The third-order valence-corrected chi connectivity index (χ3v) is 5.02. The van der Waals surface area contributed by atoms with Crippen LogP contribution in [-0.2, 0) is 12.0 Å². The molecule has 7 nitrogen and oxygen atoms in total. The van der Waals surface area contributed by atoms with Gasteiger partial charge in [0.05, 0.1) is 12.7 Å². The summed E-state index contributed by atoms with van der Waals surface area (Å²) in [5.74, 6) is 2.93. The van der Waals surface area contributed by atoms with E-state index < -0.39 is 0 Å². The van der Waals surface area contributed by atoms with Gasteiger partial charge in [-0.05, 0) is 12.5 Å². The number of oxazole rings is 1. The average molecular weight is 506 g/mol. The average Bonchev–Trinajstić information content (AvgIpc) is 3.12. The molecule has 8 heteroatoms. The predicted octanol–water partition coefficient (Wildman–Crippen LogP) is 2.53. The third kappa shape index (κ3) is 8.24. The Kier molecular flexibility index (Phi) is 10.8. The van der Waals surface area contributed by atoms with Crippen molar-refractivity contribution in [1.82, 2.24) is 25.4 Å². The second-order valence-electron chi connectivity index (χ2n) is 8.51. The highest BCUT2D eigenvalue weighted by Gasteiger charge is 2.19. The topological polar surface area (TPSA) is 68.9 Å². The largest absolute Gasteiger partial charge is 0.443 e. The lowest BCUT2D eigenvalue weighted by Gasteiger charge is -2.35. The molecule has 1 aromatic rings. The molecule has 0 aromatic carbocycles. The smallest absolute Gasteiger partial charge is 0.213 e. The normalized spacial score (nSPS) is 17.9. The van der Waals surface area contributed by atoms with E-state index >= 15 is 0 Å². The predicted molar refractivity (Wildman–Crippen MR) is 127 cm³/mol. The highest BCUT2D eigenvalue weighted by atomic mass is 127. The summed E-state index contributed by atoms with van der Waals surface area (Å²) in [4.78, 5) is 13.7. The first-order valence-electron chi connectivity index (χ1n) is 10.2. The number of halogens is 1. The minimum Gasteiger partial charge on any atom is -0.443 e. The molecule has 162 valence electrons. The van der Waals surface area contributed by atoms with Gasteiger partial charge in [0.1, 0.15) is 5.76 Å². The molecule has 0 radical (unpaired) electrons. The highest BCUT2D eigenvalue weighted by Crippen LogP contribution is 2.22. The summed E-state index contributed by atoms with van der Waals surface area (Å²) in [6.07, 6.45) is 1.81. The van der Waals surface area contributed by atoms with Crippen LogP contribution in [0.3, 0.4) is 0 Å². The summed E-state index contributed by atoms with van der Waals surface area (Å²) in [6.45, 7) is 19.3. The van der Waals surface area contributed by atoms with E-state index in [0.717, 1.165) is 31.4 Å². The van der Waals surface area contributed by atoms with Crippen molar-refractivity contribution in [1.29, 1.82) is 0 Å². The van der Waals surface area contributed by atoms with E-state index in [1.807, 2.05) is 6.20 Å². The second-order valence-corrected chi connectivity index (χ2v) is 8.51. The van der Waals surface area contributed by atoms with Gasteiger partial charge < -0.3 is 24.9 Å². The Morgan fingerprint density at radius 3 is 2.39 bits per heavy atom. The molecule has 1 aromatic heterocycles. The van der Waals surface area contributed by atoms with E-state index in [1.165, 1.54) is 26.2 Å². The first-order valence-corrected chi connectivity index (χ1v) is 10.2. The van der Waals surface area contributed by atoms with E-state index in [-0.39, 0.29) is 29.4 Å². The molecule has 0 aliphatic carbocycles. The van der Waals surface area contributed by atoms with Gasteiger partial charge in [-0.15, -0.1) is 24.0 Å². The van der Waals surface area contributed by atoms with Crippen LogP contribution < -0.4 is 10.6 Å². The molecule has 1 aliphatic rings. The van der Waals surface area contributed by atoms with Gasteiger partial charge in [-0.2, -0.15) is 0 Å². The summed E-state index contributed by atoms with van der Waals surface area (Å²) in [7, 11) is 1.79. The first kappa shape index (κ1) is 25.2. The SMILES string of the molecule is CCN1CCN(CC(C)CNC(=NC)NCc2ncc(C(C)(C)C)o2)CC1.I. The summed E-state index contributed by atoms with van der Waals surface area (Å²) in [5, 5.41) is 6.70. The van der Waals surface area contributed by atoms with Crippen molar-refractivity contribution in [3.63, 3.8) is 0 Å². The standard InChI is InChI=1S/C20H38N6O.HI/c1-7-25-8-10-26(11-9-25)15-16(2)12-23-19(21-6)24-14-18-22-13-17(27-18)20(3,4)5;/h13,16H,7-12,14-15H2,1-6H3,(H2,21,23,24);1H. The summed E-state index contributed by atoms with van der Waals surface area (Å²) >= 11 is 0. The van der Waals surface area contributed by atoms with Gasteiger partial charge in [0, 0.05) is 51.7 Å². The van der Waals surface area contributed by atoms with E-state index in [4.69, 9.17) is 4.42 Å². The van der Waals surface area contributed by atoms with E-state index in [2.05, 4.69) is 65.0 Å². The molecule has 2 rings (SSSR count). The fraction of sp³-hybridized carbons (Fsp3) is 0.800. The highest BCUT2D eigenvalue weighted by molar-refractivity contribution is 14.0. The van der Waals surface area contributed by atoms with Gasteiger partial charge in [0.25, 0.3) is 0 Å². The van der Waals surface area contributed by atoms with Crippen molar-refractivity contribution in [2.45, 2.75) is 46.6 Å². The lowest BCUT2D eigenvalue weighted by atomic mass is 9.94. The molecule has 28 heavy (non-hydrogen) atoms. The number of piperazine rings is 1. The van der Waals surface area contributed by atoms with Crippen LogP contribution in [0.2, 0.25) is 0 Å². The quantitative estimate of drug-likeness (QED) is 0.337. The molecule has 0 bridgehead atoms. The lowest BCUT2D eigenvalue weighted by Crippen LogP contribution is -2.48. The molecule has 0 saturated carbocycles. The minimum atomic E-state index is -0.0246. The zero-order valence-electron chi connectivity index (χ0n) is 18.4. The lowest BCUT2D eigenvalue weighted by molar-refractivity contribution is 0.124. The number of guanidine groups is 1. The molecular weight excluding hydrogens is 467 g/mol. The van der Waals surface area contributed by atoms with Crippen molar-refractivity contribution >= 4 is 29.9 Å². The Morgan fingerprint density at radius 2 is 1.86 bits per heavy atom. The molecule has 2 heterocycles. The Bertz CT molecular complexity index is 590. The van der Waals surface area contributed by atoms with Crippen LogP contribution in [0.25, 0.3) is 0 Å². The third-order valence-electron chi connectivity index (χ3n) is 5.02. The fourth-order valence-electron chi connectivity index (χ4n) is 3.18. The van der Waals surface area contributed by atoms with E-state index in [0.29, 0.717) is 18.4 Å². The number of hydrogen-bond donors (Lipinski definition) is 2. The molecule has 1 unspecified atom stereocenters. The van der Waals surface area contributed by atoms with Crippen molar-refractivity contribution in [3.8, 4) is 0 Å². The number of likely N-dealkylation sites (N-methyl/N-ethyl adjacent to an activating group) is 1. The maximum absolute atomic E-state index is 5.82. The summed E-state index contributed by atoms with van der Waals surface area (Å²) in [6, 6.07) is 0. The minimum absolute atomic E-state index is 0. The number of nitrogens with zero attached hydrogens (tertiary/aromatic N) is 4. The Morgan fingerprint density at radius 1 is 1.21 bits per heavy atom. The Labute approximate surface area is 187 Å². The Balaban J connectivity index is 0.00000392. The van der Waals surface area contributed by atoms with Gasteiger partial charge >= 0.3 is 0 Å². The second kappa shape index (κ2) is 12.0. The van der Waals surface area contributed by atoms with E-state index in [1.54, 1.807) is 7.05 Å². The van der Waals surface area contributed by atoms with Crippen LogP contribution in [0.5, 0.6) is 0 Å². The summed E-state index contributed by atoms with van der Waals surface area (Å²) in [5.41, 5.74) is -0.0246. The maximum atomic E-state index is 5.82. The zero-order valence-corrected chi connectivity index (χ0v) is 20.7. The number of hydrogen-bond acceptors (Lipinski definition) is 5. The Hall–Kier alpha value is -0.870. The van der Waals surface area contributed by atoms with Crippen molar-refractivity contribution < 1.29 is 4.42 Å². The number of nitrogens with one attached hydrogen (secondary N) is 2. The van der Waals surface area contributed by atoms with Gasteiger partial charge in [-0.25, -0.2) is 4.98 Å². The van der Waals surface area contributed by atoms with Crippen molar-refractivity contribution in [2.24, 2.45) is 10.9 Å². The first-order chi connectivity index (χ1) is 12.8. The number of aromatic nitrogens is 1. The van der Waals surface area contributed by atoms with Crippen molar-refractivity contribution in [3.05, 3.63) is 17.8 Å². The zero-order chi connectivity index (χ0) is 19.9. The molecule has 1 saturated heterocycles. The monoisotopic (exact) mass is 506 g/mol. The maximum Gasteiger partial charge on any atom is 0.213 e. The summed E-state index contributed by atoms with van der Waals surface area (Å²) < 4.78 is 5.82. The van der Waals surface area contributed by atoms with Gasteiger partial charge in [0.2, 0.25) is 5.89 Å². The van der Waals surface area contributed by atoms with Gasteiger partial charge in [-0.1, -0.05) is 34.6 Å². The van der Waals surface area contributed by atoms with Crippen LogP contribution in [0.1, 0.15) is 46.3 Å². The molecule has 1 aliphatic heterocycles. The van der Waals surface area contributed by atoms with Crippen LogP contribution >= 0.6 is 24.0 Å². The number of rotatable bonds is 7. The van der Waals surface area contributed by atoms with Crippen LogP contribution in [-0.4, -0.2) is 73.6 Å². The molecular formula is C20H39IN6O. The fourth-order valence-corrected chi connectivity index (χ4v) is 3.18. The van der Waals surface area contributed by atoms with Crippen molar-refractivity contribution in [2.75, 3.05) is 52.9 Å². The molecule has 1 atom stereocenters. The van der Waals surface area contributed by atoms with Crippen LogP contribution in [0, 0.1) is 5.92 Å². The van der Waals surface area contributed by atoms with E-state index in [9.17, 15) is 0 Å². The van der Waals surface area contributed by atoms with Gasteiger partial charge in [0.15, 0.2) is 5.96 Å². The molecule has 2 N–H and O–H groups in total. The molecule has 0 amide bonds. The van der Waals surface area contributed by atoms with Crippen LogP contribution in [0.15, 0.2) is 15.6 Å². The molecule has 1 fully saturated rings. The molecule has 0 spiro atoms.